The summed E-state index contributed by atoms with van der Waals surface area (Å²) in [4.78, 5) is 18.1. The van der Waals surface area contributed by atoms with Crippen LogP contribution in [0.3, 0.4) is 0 Å². The standard InChI is InChI=1S/C21H33N3O3/c1-15-19(17(3)27-22-15)14-23-10-4-7-21(9-12-23)8-5-11-24(21)20(25)18-6-13-26-16(18)2/h16,18H,4-14H2,1-3H3/t16-,18-,21?/m0/s1. The Morgan fingerprint density at radius 2 is 1.96 bits per heavy atom. The van der Waals surface area contributed by atoms with E-state index in [9.17, 15) is 4.79 Å². The summed E-state index contributed by atoms with van der Waals surface area (Å²) in [5.74, 6) is 1.33. The maximum absolute atomic E-state index is 13.3. The normalized spacial score (nSPS) is 32.3. The molecule has 4 rings (SSSR count). The molecule has 1 aromatic heterocycles. The minimum atomic E-state index is 0.0571. The van der Waals surface area contributed by atoms with Gasteiger partial charge in [-0.3, -0.25) is 9.69 Å². The topological polar surface area (TPSA) is 58.8 Å². The van der Waals surface area contributed by atoms with Crippen molar-refractivity contribution < 1.29 is 14.1 Å². The van der Waals surface area contributed by atoms with Crippen molar-refractivity contribution in [2.45, 2.75) is 77.5 Å². The van der Waals surface area contributed by atoms with Gasteiger partial charge in [0.1, 0.15) is 5.76 Å². The van der Waals surface area contributed by atoms with Gasteiger partial charge in [-0.1, -0.05) is 5.16 Å². The van der Waals surface area contributed by atoms with Crippen molar-refractivity contribution in [3.8, 4) is 0 Å². The monoisotopic (exact) mass is 375 g/mol. The molecule has 27 heavy (non-hydrogen) atoms. The second kappa shape index (κ2) is 7.55. The predicted molar refractivity (Wildman–Crippen MR) is 102 cm³/mol. The molecular weight excluding hydrogens is 342 g/mol. The summed E-state index contributed by atoms with van der Waals surface area (Å²) in [6.07, 6.45) is 6.58. The molecule has 6 heteroatoms. The number of hydrogen-bond donors (Lipinski definition) is 0. The number of aryl methyl sites for hydroxylation is 2. The summed E-state index contributed by atoms with van der Waals surface area (Å²) in [5.41, 5.74) is 2.29. The number of rotatable bonds is 3. The summed E-state index contributed by atoms with van der Waals surface area (Å²) in [7, 11) is 0. The average Bonchev–Trinajstić information content (AvgIpc) is 3.29. The highest BCUT2D eigenvalue weighted by atomic mass is 16.5. The number of carbonyl (C=O) groups excluding carboxylic acids is 1. The van der Waals surface area contributed by atoms with Crippen molar-refractivity contribution in [1.29, 1.82) is 0 Å². The van der Waals surface area contributed by atoms with Crippen molar-refractivity contribution in [1.82, 2.24) is 15.0 Å². The highest BCUT2D eigenvalue weighted by Crippen LogP contribution is 2.40. The lowest BCUT2D eigenvalue weighted by molar-refractivity contribution is -0.141. The lowest BCUT2D eigenvalue weighted by atomic mass is 9.86. The molecule has 3 saturated heterocycles. The molecule has 0 aliphatic carbocycles. The first-order valence-electron chi connectivity index (χ1n) is 10.6. The van der Waals surface area contributed by atoms with Crippen LogP contribution >= 0.6 is 0 Å². The van der Waals surface area contributed by atoms with E-state index in [2.05, 4.69) is 21.9 Å². The Balaban J connectivity index is 1.45. The number of hydrogen-bond acceptors (Lipinski definition) is 5. The van der Waals surface area contributed by atoms with E-state index in [0.717, 1.165) is 82.8 Å². The molecule has 3 aliphatic rings. The third-order valence-corrected chi connectivity index (χ3v) is 7.13. The molecule has 3 aliphatic heterocycles. The third-order valence-electron chi connectivity index (χ3n) is 7.13. The smallest absolute Gasteiger partial charge is 0.228 e. The fraction of sp³-hybridized carbons (Fsp3) is 0.810. The quantitative estimate of drug-likeness (QED) is 0.813. The third kappa shape index (κ3) is 3.54. The summed E-state index contributed by atoms with van der Waals surface area (Å²) < 4.78 is 11.0. The molecule has 4 heterocycles. The van der Waals surface area contributed by atoms with Crippen LogP contribution in [-0.4, -0.2) is 58.7 Å². The SMILES string of the molecule is Cc1noc(C)c1CN1CCCC2(CCCN2C(=O)[C@H]2CCO[C@H]2C)CC1. The summed E-state index contributed by atoms with van der Waals surface area (Å²) in [6.45, 7) is 10.7. The van der Waals surface area contributed by atoms with Crippen LogP contribution in [0.2, 0.25) is 0 Å². The van der Waals surface area contributed by atoms with Crippen LogP contribution in [0.25, 0.3) is 0 Å². The van der Waals surface area contributed by atoms with E-state index in [4.69, 9.17) is 9.26 Å². The number of aromatic nitrogens is 1. The molecule has 0 N–H and O–H groups in total. The van der Waals surface area contributed by atoms with Crippen LogP contribution in [0.1, 0.15) is 62.5 Å². The number of nitrogens with zero attached hydrogens (tertiary/aromatic N) is 3. The first kappa shape index (κ1) is 18.9. The number of amides is 1. The van der Waals surface area contributed by atoms with Gasteiger partial charge in [-0.25, -0.2) is 0 Å². The predicted octanol–water partition coefficient (Wildman–Crippen LogP) is 3.06. The van der Waals surface area contributed by atoms with Gasteiger partial charge < -0.3 is 14.2 Å². The second-order valence-corrected chi connectivity index (χ2v) is 8.72. The minimum absolute atomic E-state index is 0.0571. The maximum Gasteiger partial charge on any atom is 0.228 e. The Morgan fingerprint density at radius 1 is 1.19 bits per heavy atom. The van der Waals surface area contributed by atoms with Crippen molar-refractivity contribution in [3.63, 3.8) is 0 Å². The Labute approximate surface area is 162 Å². The fourth-order valence-corrected chi connectivity index (χ4v) is 5.40. The van der Waals surface area contributed by atoms with Gasteiger partial charge >= 0.3 is 0 Å². The molecule has 0 radical (unpaired) electrons. The lowest BCUT2D eigenvalue weighted by Crippen LogP contribution is -2.51. The van der Waals surface area contributed by atoms with E-state index in [-0.39, 0.29) is 17.6 Å². The zero-order valence-corrected chi connectivity index (χ0v) is 17.0. The van der Waals surface area contributed by atoms with Crippen LogP contribution in [0.4, 0.5) is 0 Å². The Hall–Kier alpha value is -1.40. The number of likely N-dealkylation sites (tertiary alicyclic amines) is 2. The molecule has 3 atom stereocenters. The Morgan fingerprint density at radius 3 is 2.63 bits per heavy atom. The van der Waals surface area contributed by atoms with Crippen LogP contribution < -0.4 is 0 Å². The highest BCUT2D eigenvalue weighted by molar-refractivity contribution is 5.80. The zero-order valence-electron chi connectivity index (χ0n) is 17.0. The minimum Gasteiger partial charge on any atom is -0.378 e. The van der Waals surface area contributed by atoms with Crippen LogP contribution in [-0.2, 0) is 16.1 Å². The first-order chi connectivity index (χ1) is 13.0. The van der Waals surface area contributed by atoms with E-state index >= 15 is 0 Å². The molecule has 1 unspecified atom stereocenters. The molecular formula is C21H33N3O3. The second-order valence-electron chi connectivity index (χ2n) is 8.72. The van der Waals surface area contributed by atoms with Crippen LogP contribution in [0.5, 0.6) is 0 Å². The maximum atomic E-state index is 13.3. The van der Waals surface area contributed by atoms with E-state index < -0.39 is 0 Å². The summed E-state index contributed by atoms with van der Waals surface area (Å²) in [5, 5.41) is 4.10. The molecule has 150 valence electrons. The highest BCUT2D eigenvalue weighted by Gasteiger charge is 2.47. The van der Waals surface area contributed by atoms with E-state index in [1.54, 1.807) is 0 Å². The Kier molecular flexibility index (Phi) is 5.30. The molecule has 6 nitrogen and oxygen atoms in total. The summed E-state index contributed by atoms with van der Waals surface area (Å²) in [6, 6.07) is 0. The van der Waals surface area contributed by atoms with Gasteiger partial charge in [0, 0.05) is 37.3 Å². The average molecular weight is 376 g/mol. The van der Waals surface area contributed by atoms with Crippen LogP contribution in [0, 0.1) is 19.8 Å². The molecule has 0 bridgehead atoms. The van der Waals surface area contributed by atoms with Gasteiger partial charge in [0.15, 0.2) is 0 Å². The lowest BCUT2D eigenvalue weighted by Gasteiger charge is -2.40. The number of carbonyl (C=O) groups is 1. The van der Waals surface area contributed by atoms with Gasteiger partial charge in [-0.05, 0) is 65.8 Å². The summed E-state index contributed by atoms with van der Waals surface area (Å²) >= 11 is 0. The molecule has 0 saturated carbocycles. The fourth-order valence-electron chi connectivity index (χ4n) is 5.40. The van der Waals surface area contributed by atoms with Gasteiger partial charge in [0.25, 0.3) is 0 Å². The molecule has 1 aromatic rings. The van der Waals surface area contributed by atoms with Gasteiger partial charge in [0.05, 0.1) is 17.7 Å². The van der Waals surface area contributed by atoms with Crippen molar-refractivity contribution in [3.05, 3.63) is 17.0 Å². The Bertz CT molecular complexity index is 669. The molecule has 1 amide bonds. The van der Waals surface area contributed by atoms with Crippen molar-refractivity contribution in [2.75, 3.05) is 26.2 Å². The van der Waals surface area contributed by atoms with Gasteiger partial charge in [-0.2, -0.15) is 0 Å². The van der Waals surface area contributed by atoms with Gasteiger partial charge in [-0.15, -0.1) is 0 Å². The largest absolute Gasteiger partial charge is 0.378 e. The van der Waals surface area contributed by atoms with E-state index in [0.29, 0.717) is 5.91 Å². The number of ether oxygens (including phenoxy) is 1. The van der Waals surface area contributed by atoms with Crippen molar-refractivity contribution in [2.24, 2.45) is 5.92 Å². The van der Waals surface area contributed by atoms with E-state index in [1.165, 1.54) is 5.56 Å². The van der Waals surface area contributed by atoms with Gasteiger partial charge in [0.2, 0.25) is 5.91 Å². The van der Waals surface area contributed by atoms with E-state index in [1.807, 2.05) is 13.8 Å². The van der Waals surface area contributed by atoms with Crippen LogP contribution in [0.15, 0.2) is 4.52 Å². The zero-order chi connectivity index (χ0) is 19.0. The molecule has 3 fully saturated rings. The first-order valence-corrected chi connectivity index (χ1v) is 10.6. The molecule has 1 spiro atoms. The van der Waals surface area contributed by atoms with Crippen molar-refractivity contribution >= 4 is 5.91 Å². The molecule has 0 aromatic carbocycles.